The van der Waals surface area contributed by atoms with Crippen LogP contribution in [0.2, 0.25) is 0 Å². The first-order chi connectivity index (χ1) is 8.16. The molecule has 1 unspecified atom stereocenters. The number of hydrogen-bond donors (Lipinski definition) is 2. The predicted octanol–water partition coefficient (Wildman–Crippen LogP) is 3.14. The maximum absolute atomic E-state index is 10.5. The molecule has 1 amide bonds. The highest BCUT2D eigenvalue weighted by molar-refractivity contribution is 5.73. The van der Waals surface area contributed by atoms with Crippen LogP contribution in [0.4, 0.5) is 0 Å². The van der Waals surface area contributed by atoms with Crippen molar-refractivity contribution in [2.75, 3.05) is 0 Å². The third-order valence-electron chi connectivity index (χ3n) is 3.08. The minimum atomic E-state index is -0.185. The minimum absolute atomic E-state index is 0.0874. The van der Waals surface area contributed by atoms with Crippen LogP contribution in [0.5, 0.6) is 0 Å². The quantitative estimate of drug-likeness (QED) is 0.517. The number of carbonyl (C=O) groups is 1. The number of rotatable bonds is 12. The molecule has 0 aromatic carbocycles. The van der Waals surface area contributed by atoms with Crippen molar-refractivity contribution >= 4 is 5.91 Å². The van der Waals surface area contributed by atoms with Gasteiger partial charge in [-0.3, -0.25) is 4.79 Å². The Kier molecular flexibility index (Phi) is 11.5. The minimum Gasteiger partial charge on any atom is -0.393 e. The molecule has 1 atom stereocenters. The first-order valence-electron chi connectivity index (χ1n) is 7.13. The van der Waals surface area contributed by atoms with Crippen LogP contribution in [0.3, 0.4) is 0 Å². The summed E-state index contributed by atoms with van der Waals surface area (Å²) < 4.78 is 0. The highest BCUT2D eigenvalue weighted by Gasteiger charge is 2.01. The van der Waals surface area contributed by atoms with Crippen LogP contribution in [-0.4, -0.2) is 17.1 Å². The van der Waals surface area contributed by atoms with E-state index in [0.717, 1.165) is 38.5 Å². The van der Waals surface area contributed by atoms with E-state index >= 15 is 0 Å². The van der Waals surface area contributed by atoms with Crippen LogP contribution in [0.25, 0.3) is 0 Å². The summed E-state index contributed by atoms with van der Waals surface area (Å²) in [6.45, 7) is 2.11. The fourth-order valence-electron chi connectivity index (χ4n) is 2.04. The number of carbonyl (C=O) groups excluding carboxylic acids is 1. The van der Waals surface area contributed by atoms with Crippen molar-refractivity contribution in [1.29, 1.82) is 0 Å². The third kappa shape index (κ3) is 13.4. The van der Waals surface area contributed by atoms with Gasteiger partial charge < -0.3 is 10.8 Å². The fraction of sp³-hybridized carbons (Fsp3) is 0.929. The number of aliphatic hydroxyl groups is 1. The Balaban J connectivity index is 3.05. The Morgan fingerprint density at radius 2 is 1.53 bits per heavy atom. The predicted molar refractivity (Wildman–Crippen MR) is 71.7 cm³/mol. The fourth-order valence-corrected chi connectivity index (χ4v) is 2.04. The van der Waals surface area contributed by atoms with E-state index in [9.17, 15) is 9.90 Å². The molecule has 0 saturated carbocycles. The largest absolute Gasteiger partial charge is 0.393 e. The van der Waals surface area contributed by atoms with Crippen LogP contribution in [0.15, 0.2) is 0 Å². The topological polar surface area (TPSA) is 63.3 Å². The van der Waals surface area contributed by atoms with Gasteiger partial charge in [0.25, 0.3) is 0 Å². The zero-order chi connectivity index (χ0) is 12.9. The lowest BCUT2D eigenvalue weighted by molar-refractivity contribution is -0.118. The van der Waals surface area contributed by atoms with E-state index in [0.29, 0.717) is 6.42 Å². The smallest absolute Gasteiger partial charge is 0.217 e. The lowest BCUT2D eigenvalue weighted by atomic mass is 10.0. The molecule has 17 heavy (non-hydrogen) atoms. The maximum Gasteiger partial charge on any atom is 0.217 e. The van der Waals surface area contributed by atoms with E-state index in [1.54, 1.807) is 0 Å². The normalized spacial score (nSPS) is 12.6. The Hall–Kier alpha value is -0.570. The molecular weight excluding hydrogens is 214 g/mol. The number of unbranched alkanes of at least 4 members (excludes halogenated alkanes) is 6. The SMILES string of the molecule is CCCC(O)CCCCCCCCCC(N)=O. The molecule has 0 aliphatic heterocycles. The van der Waals surface area contributed by atoms with E-state index in [-0.39, 0.29) is 12.0 Å². The van der Waals surface area contributed by atoms with Gasteiger partial charge in [0, 0.05) is 6.42 Å². The van der Waals surface area contributed by atoms with E-state index < -0.39 is 0 Å². The molecule has 0 aliphatic carbocycles. The number of amides is 1. The first kappa shape index (κ1) is 16.4. The van der Waals surface area contributed by atoms with Crippen molar-refractivity contribution < 1.29 is 9.90 Å². The van der Waals surface area contributed by atoms with E-state index in [1.165, 1.54) is 25.7 Å². The van der Waals surface area contributed by atoms with Gasteiger partial charge >= 0.3 is 0 Å². The van der Waals surface area contributed by atoms with E-state index in [1.807, 2.05) is 0 Å². The van der Waals surface area contributed by atoms with Crippen molar-refractivity contribution in [3.63, 3.8) is 0 Å². The van der Waals surface area contributed by atoms with Crippen molar-refractivity contribution in [2.24, 2.45) is 5.73 Å². The molecule has 0 rings (SSSR count). The Morgan fingerprint density at radius 1 is 1.00 bits per heavy atom. The van der Waals surface area contributed by atoms with E-state index in [2.05, 4.69) is 6.92 Å². The summed E-state index contributed by atoms with van der Waals surface area (Å²) in [6, 6.07) is 0. The first-order valence-corrected chi connectivity index (χ1v) is 7.13. The number of nitrogens with two attached hydrogens (primary N) is 1. The molecule has 0 radical (unpaired) electrons. The third-order valence-corrected chi connectivity index (χ3v) is 3.08. The van der Waals surface area contributed by atoms with Crippen LogP contribution in [0, 0.1) is 0 Å². The zero-order valence-electron chi connectivity index (χ0n) is 11.3. The summed E-state index contributed by atoms with van der Waals surface area (Å²) in [7, 11) is 0. The second kappa shape index (κ2) is 11.9. The maximum atomic E-state index is 10.5. The van der Waals surface area contributed by atoms with Crippen LogP contribution in [-0.2, 0) is 4.79 Å². The van der Waals surface area contributed by atoms with Gasteiger partial charge in [-0.25, -0.2) is 0 Å². The summed E-state index contributed by atoms with van der Waals surface area (Å²) >= 11 is 0. The number of primary amides is 1. The van der Waals surface area contributed by atoms with Gasteiger partial charge in [0.2, 0.25) is 5.91 Å². The molecule has 0 heterocycles. The average molecular weight is 243 g/mol. The van der Waals surface area contributed by atoms with Crippen molar-refractivity contribution in [3.8, 4) is 0 Å². The summed E-state index contributed by atoms with van der Waals surface area (Å²) in [5, 5.41) is 9.53. The average Bonchev–Trinajstić information content (AvgIpc) is 2.27. The highest BCUT2D eigenvalue weighted by Crippen LogP contribution is 2.12. The van der Waals surface area contributed by atoms with Gasteiger partial charge in [0.05, 0.1) is 6.10 Å². The molecule has 0 fully saturated rings. The summed E-state index contributed by atoms with van der Waals surface area (Å²) in [5.74, 6) is -0.185. The molecule has 0 saturated heterocycles. The molecule has 3 nitrogen and oxygen atoms in total. The Morgan fingerprint density at radius 3 is 2.06 bits per heavy atom. The van der Waals surface area contributed by atoms with Crippen LogP contribution in [0.1, 0.15) is 77.6 Å². The van der Waals surface area contributed by atoms with Crippen LogP contribution >= 0.6 is 0 Å². The summed E-state index contributed by atoms with van der Waals surface area (Å²) in [4.78, 5) is 10.5. The molecule has 3 N–H and O–H groups in total. The second-order valence-corrected chi connectivity index (χ2v) is 4.92. The lowest BCUT2D eigenvalue weighted by Gasteiger charge is -2.08. The molecule has 0 bridgehead atoms. The van der Waals surface area contributed by atoms with Crippen molar-refractivity contribution in [1.82, 2.24) is 0 Å². The van der Waals surface area contributed by atoms with Gasteiger partial charge in [-0.2, -0.15) is 0 Å². The van der Waals surface area contributed by atoms with Gasteiger partial charge in [-0.15, -0.1) is 0 Å². The highest BCUT2D eigenvalue weighted by atomic mass is 16.3. The molecule has 0 aliphatic rings. The monoisotopic (exact) mass is 243 g/mol. The second-order valence-electron chi connectivity index (χ2n) is 4.92. The zero-order valence-corrected chi connectivity index (χ0v) is 11.3. The Labute approximate surface area is 106 Å². The number of aliphatic hydroxyl groups excluding tert-OH is 1. The summed E-state index contributed by atoms with van der Waals surface area (Å²) in [6.07, 6.45) is 11.5. The molecule has 102 valence electrons. The van der Waals surface area contributed by atoms with E-state index in [4.69, 9.17) is 5.73 Å². The molecule has 0 aromatic heterocycles. The Bertz CT molecular complexity index is 183. The number of hydrogen-bond acceptors (Lipinski definition) is 2. The standard InChI is InChI=1S/C14H29NO2/c1-2-10-13(16)11-8-6-4-3-5-7-9-12-14(15)17/h13,16H,2-12H2,1H3,(H2,15,17). The van der Waals surface area contributed by atoms with Crippen molar-refractivity contribution in [2.45, 2.75) is 83.7 Å². The molecule has 0 aromatic rings. The van der Waals surface area contributed by atoms with Crippen molar-refractivity contribution in [3.05, 3.63) is 0 Å². The molecular formula is C14H29NO2. The van der Waals surface area contributed by atoms with Gasteiger partial charge in [-0.05, 0) is 19.3 Å². The summed E-state index contributed by atoms with van der Waals surface area (Å²) in [5.41, 5.74) is 5.06. The molecule has 0 spiro atoms. The molecule has 3 heteroatoms. The van der Waals surface area contributed by atoms with Crippen LogP contribution < -0.4 is 5.73 Å². The van der Waals surface area contributed by atoms with Gasteiger partial charge in [-0.1, -0.05) is 51.9 Å². The van der Waals surface area contributed by atoms with Gasteiger partial charge in [0.15, 0.2) is 0 Å². The van der Waals surface area contributed by atoms with Gasteiger partial charge in [0.1, 0.15) is 0 Å². The lowest BCUT2D eigenvalue weighted by Crippen LogP contribution is -2.09.